The van der Waals surface area contributed by atoms with Gasteiger partial charge in [-0.05, 0) is 18.2 Å². The van der Waals surface area contributed by atoms with E-state index in [1.165, 1.54) is 0 Å². The molecule has 98 valence electrons. The van der Waals surface area contributed by atoms with Gasteiger partial charge >= 0.3 is 0 Å². The van der Waals surface area contributed by atoms with E-state index in [1.807, 2.05) is 42.2 Å². The first-order chi connectivity index (χ1) is 9.74. The Balaban J connectivity index is 2.04. The second-order valence-electron chi connectivity index (χ2n) is 4.77. The van der Waals surface area contributed by atoms with Crippen molar-refractivity contribution < 1.29 is 4.42 Å². The summed E-state index contributed by atoms with van der Waals surface area (Å²) in [7, 11) is 1.99. The number of nitrogens with zero attached hydrogens (tertiary/aromatic N) is 3. The van der Waals surface area contributed by atoms with Gasteiger partial charge in [-0.15, -0.1) is 0 Å². The van der Waals surface area contributed by atoms with Crippen LogP contribution in [-0.4, -0.2) is 14.5 Å². The average Bonchev–Trinajstić information content (AvgIpc) is 3.02. The Labute approximate surface area is 114 Å². The van der Waals surface area contributed by atoms with Crippen LogP contribution in [0.4, 0.5) is 5.82 Å². The molecule has 20 heavy (non-hydrogen) atoms. The molecule has 0 aliphatic heterocycles. The van der Waals surface area contributed by atoms with Crippen LogP contribution in [0.1, 0.15) is 0 Å². The van der Waals surface area contributed by atoms with Crippen LogP contribution in [0, 0.1) is 0 Å². The number of anilines is 1. The first-order valence-electron chi connectivity index (χ1n) is 6.27. The van der Waals surface area contributed by atoms with Crippen molar-refractivity contribution in [2.75, 3.05) is 5.73 Å². The molecule has 5 nitrogen and oxygen atoms in total. The third-order valence-corrected chi connectivity index (χ3v) is 3.52. The van der Waals surface area contributed by atoms with Crippen molar-refractivity contribution >= 4 is 27.7 Å². The fourth-order valence-corrected chi connectivity index (χ4v) is 2.54. The van der Waals surface area contributed by atoms with E-state index in [0.717, 1.165) is 27.6 Å². The van der Waals surface area contributed by atoms with Gasteiger partial charge in [0.1, 0.15) is 5.76 Å². The second kappa shape index (κ2) is 3.84. The van der Waals surface area contributed by atoms with Crippen molar-refractivity contribution in [3.05, 3.63) is 43.0 Å². The number of hydrogen-bond donors (Lipinski definition) is 1. The second-order valence-corrected chi connectivity index (χ2v) is 4.77. The third-order valence-electron chi connectivity index (χ3n) is 3.52. The minimum Gasteiger partial charge on any atom is -0.452 e. The zero-order chi connectivity index (χ0) is 13.7. The summed E-state index contributed by atoms with van der Waals surface area (Å²) in [6, 6.07) is 5.87. The Bertz CT molecular complexity index is 936. The number of aromatic nitrogens is 3. The highest BCUT2D eigenvalue weighted by Gasteiger charge is 2.14. The number of furan rings is 1. The molecule has 0 aliphatic rings. The predicted molar refractivity (Wildman–Crippen MR) is 78.1 cm³/mol. The van der Waals surface area contributed by atoms with Gasteiger partial charge in [-0.3, -0.25) is 4.98 Å². The Kier molecular flexibility index (Phi) is 2.12. The zero-order valence-electron chi connectivity index (χ0n) is 10.9. The predicted octanol–water partition coefficient (Wildman–Crippen LogP) is 2.96. The van der Waals surface area contributed by atoms with E-state index in [2.05, 4.69) is 9.97 Å². The first-order valence-corrected chi connectivity index (χ1v) is 6.27. The molecule has 4 aromatic rings. The Morgan fingerprint density at radius 2 is 2.15 bits per heavy atom. The maximum absolute atomic E-state index is 5.89. The Hall–Kier alpha value is -2.82. The number of rotatable bonds is 1. The van der Waals surface area contributed by atoms with Crippen molar-refractivity contribution in [2.24, 2.45) is 7.05 Å². The molecule has 2 N–H and O–H groups in total. The lowest BCUT2D eigenvalue weighted by atomic mass is 10.1. The molecule has 0 saturated carbocycles. The van der Waals surface area contributed by atoms with Crippen LogP contribution >= 0.6 is 0 Å². The lowest BCUT2D eigenvalue weighted by molar-refractivity contribution is 0.632. The lowest BCUT2D eigenvalue weighted by Gasteiger charge is -1.94. The zero-order valence-corrected chi connectivity index (χ0v) is 10.9. The number of hydrogen-bond acceptors (Lipinski definition) is 4. The molecule has 4 rings (SSSR count). The molecule has 0 unspecified atom stereocenters. The molecule has 4 heterocycles. The molecule has 5 heteroatoms. The van der Waals surface area contributed by atoms with Crippen molar-refractivity contribution in [2.45, 2.75) is 0 Å². The van der Waals surface area contributed by atoms with Crippen molar-refractivity contribution in [1.82, 2.24) is 14.5 Å². The molecule has 0 amide bonds. The van der Waals surface area contributed by atoms with Gasteiger partial charge in [0.25, 0.3) is 0 Å². The number of pyridine rings is 2. The fraction of sp³-hybridized carbons (Fsp3) is 0.0667. The molecule has 0 saturated heterocycles. The number of aryl methyl sites for hydroxylation is 1. The van der Waals surface area contributed by atoms with Crippen LogP contribution in [0.15, 0.2) is 47.4 Å². The van der Waals surface area contributed by atoms with Crippen molar-refractivity contribution in [3.63, 3.8) is 0 Å². The minimum absolute atomic E-state index is 0.413. The van der Waals surface area contributed by atoms with Crippen LogP contribution in [0.5, 0.6) is 0 Å². The maximum Gasteiger partial charge on any atom is 0.176 e. The van der Waals surface area contributed by atoms with Crippen molar-refractivity contribution in [1.29, 1.82) is 0 Å². The molecule has 0 aliphatic carbocycles. The highest BCUT2D eigenvalue weighted by atomic mass is 16.3. The minimum atomic E-state index is 0.413. The van der Waals surface area contributed by atoms with Crippen LogP contribution in [0.3, 0.4) is 0 Å². The molecule has 4 aromatic heterocycles. The number of fused-ring (bicyclic) bond motifs is 2. The maximum atomic E-state index is 5.89. The fourth-order valence-electron chi connectivity index (χ4n) is 2.54. The summed E-state index contributed by atoms with van der Waals surface area (Å²) in [6.45, 7) is 0. The summed E-state index contributed by atoms with van der Waals surface area (Å²) in [5, 5.41) is 2.06. The quantitative estimate of drug-likeness (QED) is 0.573. The number of nitrogens with two attached hydrogens (primary N) is 1. The van der Waals surface area contributed by atoms with Gasteiger partial charge in [-0.25, -0.2) is 4.98 Å². The van der Waals surface area contributed by atoms with E-state index >= 15 is 0 Å². The third kappa shape index (κ3) is 1.43. The summed E-state index contributed by atoms with van der Waals surface area (Å²) in [6.07, 6.45) is 7.35. The molecule has 0 radical (unpaired) electrons. The summed E-state index contributed by atoms with van der Waals surface area (Å²) < 4.78 is 7.92. The van der Waals surface area contributed by atoms with Gasteiger partial charge in [0, 0.05) is 42.0 Å². The van der Waals surface area contributed by atoms with Gasteiger partial charge < -0.3 is 14.7 Å². The van der Waals surface area contributed by atoms with E-state index in [-0.39, 0.29) is 0 Å². The topological polar surface area (TPSA) is 69.9 Å². The first kappa shape index (κ1) is 11.0. The van der Waals surface area contributed by atoms with Crippen LogP contribution < -0.4 is 5.73 Å². The van der Waals surface area contributed by atoms with E-state index in [9.17, 15) is 0 Å². The Morgan fingerprint density at radius 3 is 3.00 bits per heavy atom. The van der Waals surface area contributed by atoms with Gasteiger partial charge in [-0.1, -0.05) is 0 Å². The van der Waals surface area contributed by atoms with Gasteiger partial charge in [0.2, 0.25) is 0 Å². The van der Waals surface area contributed by atoms with E-state index < -0.39 is 0 Å². The highest BCUT2D eigenvalue weighted by molar-refractivity contribution is 5.97. The molecule has 0 spiro atoms. The lowest BCUT2D eigenvalue weighted by Crippen LogP contribution is -1.87. The van der Waals surface area contributed by atoms with Crippen LogP contribution in [-0.2, 0) is 7.05 Å². The molecule has 0 atom stereocenters. The molecule has 0 aromatic carbocycles. The molecule has 0 bridgehead atoms. The Morgan fingerprint density at radius 1 is 1.25 bits per heavy atom. The van der Waals surface area contributed by atoms with E-state index in [1.54, 1.807) is 12.4 Å². The van der Waals surface area contributed by atoms with Gasteiger partial charge in [0.05, 0.1) is 11.7 Å². The van der Waals surface area contributed by atoms with Crippen LogP contribution in [0.25, 0.3) is 33.2 Å². The van der Waals surface area contributed by atoms with Gasteiger partial charge in [-0.2, -0.15) is 0 Å². The van der Waals surface area contributed by atoms with Crippen molar-refractivity contribution in [3.8, 4) is 11.3 Å². The summed E-state index contributed by atoms with van der Waals surface area (Å²) in [5.41, 5.74) is 8.57. The SMILES string of the molecule is Cn1cc(-c2cc3ccnc(N)c3o2)c2ccncc21. The number of nitrogen functional groups attached to an aromatic ring is 1. The summed E-state index contributed by atoms with van der Waals surface area (Å²) in [5.74, 6) is 1.20. The van der Waals surface area contributed by atoms with E-state index in [0.29, 0.717) is 11.4 Å². The monoisotopic (exact) mass is 264 g/mol. The normalized spacial score (nSPS) is 11.4. The largest absolute Gasteiger partial charge is 0.452 e. The summed E-state index contributed by atoms with van der Waals surface area (Å²) in [4.78, 5) is 8.21. The standard InChI is InChI=1S/C15H12N4O/c1-19-8-11(10-3-4-17-7-12(10)19)13-6-9-2-5-18-15(16)14(9)20-13/h2-8H,1H3,(H2,16,18). The van der Waals surface area contributed by atoms with Crippen LogP contribution in [0.2, 0.25) is 0 Å². The van der Waals surface area contributed by atoms with E-state index in [4.69, 9.17) is 10.2 Å². The molecular weight excluding hydrogens is 252 g/mol. The molecular formula is C15H12N4O. The highest BCUT2D eigenvalue weighted by Crippen LogP contribution is 2.34. The smallest absolute Gasteiger partial charge is 0.176 e. The van der Waals surface area contributed by atoms with Gasteiger partial charge in [0.15, 0.2) is 11.4 Å². The molecule has 0 fully saturated rings. The average molecular weight is 264 g/mol. The summed E-state index contributed by atoms with van der Waals surface area (Å²) >= 11 is 0.